The Morgan fingerprint density at radius 2 is 1.35 bits per heavy atom. The second-order valence-corrected chi connectivity index (χ2v) is 6.41. The number of benzene rings is 2. The molecule has 0 aliphatic carbocycles. The fourth-order valence-electron chi connectivity index (χ4n) is 1.68. The van der Waals surface area contributed by atoms with Crippen LogP contribution in [0.1, 0.15) is 41.0 Å². The summed E-state index contributed by atoms with van der Waals surface area (Å²) in [5, 5.41) is 0. The normalized spacial score (nSPS) is 9.83. The van der Waals surface area contributed by atoms with Gasteiger partial charge in [0, 0.05) is 15.4 Å². The van der Waals surface area contributed by atoms with Gasteiger partial charge in [-0.1, -0.05) is 38.8 Å². The van der Waals surface area contributed by atoms with Crippen LogP contribution < -0.4 is 0 Å². The molecule has 0 fully saturated rings. The predicted molar refractivity (Wildman–Crippen MR) is 92.8 cm³/mol. The SMILES string of the molecule is CC(=O)c1ccc(Br)cc1F.CCC(=O)c1ccc(Br)cc1F. The summed E-state index contributed by atoms with van der Waals surface area (Å²) in [7, 11) is 0. The Hall–Kier alpha value is -1.40. The average Bonchev–Trinajstić information content (AvgIpc) is 2.46. The van der Waals surface area contributed by atoms with Crippen molar-refractivity contribution in [3.8, 4) is 0 Å². The highest BCUT2D eigenvalue weighted by Gasteiger charge is 2.09. The van der Waals surface area contributed by atoms with E-state index in [-0.39, 0.29) is 22.7 Å². The number of rotatable bonds is 3. The lowest BCUT2D eigenvalue weighted by molar-refractivity contribution is 0.0981. The molecule has 0 bridgehead atoms. The van der Waals surface area contributed by atoms with E-state index in [0.29, 0.717) is 15.4 Å². The van der Waals surface area contributed by atoms with Crippen molar-refractivity contribution in [2.24, 2.45) is 0 Å². The van der Waals surface area contributed by atoms with Crippen molar-refractivity contribution in [1.82, 2.24) is 0 Å². The molecule has 0 aromatic heterocycles. The van der Waals surface area contributed by atoms with Crippen molar-refractivity contribution >= 4 is 43.4 Å². The van der Waals surface area contributed by atoms with Crippen molar-refractivity contribution in [2.75, 3.05) is 0 Å². The minimum atomic E-state index is -0.480. The summed E-state index contributed by atoms with van der Waals surface area (Å²) in [4.78, 5) is 21.8. The maximum Gasteiger partial charge on any atom is 0.165 e. The summed E-state index contributed by atoms with van der Waals surface area (Å²) in [6.45, 7) is 3.05. The molecule has 0 unspecified atom stereocenters. The molecule has 122 valence electrons. The molecule has 0 amide bonds. The minimum Gasteiger partial charge on any atom is -0.294 e. The summed E-state index contributed by atoms with van der Waals surface area (Å²) >= 11 is 6.21. The van der Waals surface area contributed by atoms with Gasteiger partial charge in [-0.2, -0.15) is 0 Å². The monoisotopic (exact) mass is 446 g/mol. The summed E-state index contributed by atoms with van der Waals surface area (Å²) in [5.74, 6) is -1.36. The second-order valence-electron chi connectivity index (χ2n) is 4.58. The first-order chi connectivity index (χ1) is 10.8. The van der Waals surface area contributed by atoms with Gasteiger partial charge in [-0.3, -0.25) is 9.59 Å². The number of carbonyl (C=O) groups excluding carboxylic acids is 2. The molecular formula is C17H14Br2F2O2. The standard InChI is InChI=1S/C9H8BrFO.C8H6BrFO/c1-2-9(12)7-4-3-6(10)5-8(7)11;1-5(11)7-3-2-6(9)4-8(7)10/h3-5H,2H2,1H3;2-4H,1H3. The van der Waals surface area contributed by atoms with Crippen LogP contribution in [0.15, 0.2) is 45.3 Å². The van der Waals surface area contributed by atoms with E-state index >= 15 is 0 Å². The molecule has 23 heavy (non-hydrogen) atoms. The van der Waals surface area contributed by atoms with E-state index in [0.717, 1.165) is 0 Å². The second kappa shape index (κ2) is 9.03. The quantitative estimate of drug-likeness (QED) is 0.543. The Morgan fingerprint density at radius 3 is 1.70 bits per heavy atom. The van der Waals surface area contributed by atoms with E-state index in [1.807, 2.05) is 0 Å². The van der Waals surface area contributed by atoms with Gasteiger partial charge in [0.2, 0.25) is 0 Å². The first-order valence-electron chi connectivity index (χ1n) is 6.70. The zero-order chi connectivity index (χ0) is 17.6. The molecular weight excluding hydrogens is 434 g/mol. The summed E-state index contributed by atoms with van der Waals surface area (Å²) < 4.78 is 27.2. The maximum absolute atomic E-state index is 13.0. The van der Waals surface area contributed by atoms with Gasteiger partial charge in [-0.25, -0.2) is 8.78 Å². The Balaban J connectivity index is 0.000000231. The van der Waals surface area contributed by atoms with Gasteiger partial charge >= 0.3 is 0 Å². The average molecular weight is 448 g/mol. The van der Waals surface area contributed by atoms with E-state index in [1.54, 1.807) is 19.1 Å². The summed E-state index contributed by atoms with van der Waals surface area (Å²) in [6.07, 6.45) is 0.332. The van der Waals surface area contributed by atoms with Crippen molar-refractivity contribution in [1.29, 1.82) is 0 Å². The Kier molecular flexibility index (Phi) is 7.72. The first-order valence-corrected chi connectivity index (χ1v) is 8.29. The van der Waals surface area contributed by atoms with Crippen LogP contribution in [0.25, 0.3) is 0 Å². The molecule has 0 saturated heterocycles. The van der Waals surface area contributed by atoms with Crippen LogP contribution in [-0.2, 0) is 0 Å². The fourth-order valence-corrected chi connectivity index (χ4v) is 2.35. The van der Waals surface area contributed by atoms with Crippen LogP contribution in [0.4, 0.5) is 8.78 Å². The number of Topliss-reactive ketones (excluding diaryl/α,β-unsaturated/α-hetero) is 2. The van der Waals surface area contributed by atoms with E-state index in [1.165, 1.54) is 31.2 Å². The topological polar surface area (TPSA) is 34.1 Å². The van der Waals surface area contributed by atoms with Gasteiger partial charge < -0.3 is 0 Å². The Bertz CT molecular complexity index is 731. The lowest BCUT2D eigenvalue weighted by atomic mass is 10.1. The summed E-state index contributed by atoms with van der Waals surface area (Å²) in [5.41, 5.74) is 0.300. The van der Waals surface area contributed by atoms with Crippen molar-refractivity contribution < 1.29 is 18.4 Å². The highest BCUT2D eigenvalue weighted by molar-refractivity contribution is 9.10. The van der Waals surface area contributed by atoms with Crippen LogP contribution in [0.5, 0.6) is 0 Å². The third kappa shape index (κ3) is 5.95. The van der Waals surface area contributed by atoms with Crippen molar-refractivity contribution in [3.63, 3.8) is 0 Å². The van der Waals surface area contributed by atoms with Gasteiger partial charge in [-0.05, 0) is 43.3 Å². The molecule has 2 aromatic rings. The number of hydrogen-bond acceptors (Lipinski definition) is 2. The minimum absolute atomic E-state index is 0.133. The van der Waals surface area contributed by atoms with Gasteiger partial charge in [0.1, 0.15) is 11.6 Å². The zero-order valence-corrected chi connectivity index (χ0v) is 15.7. The largest absolute Gasteiger partial charge is 0.294 e. The molecule has 0 heterocycles. The molecule has 0 saturated carbocycles. The summed E-state index contributed by atoms with van der Waals surface area (Å²) in [6, 6.07) is 8.82. The maximum atomic E-state index is 13.0. The molecule has 0 N–H and O–H groups in total. The van der Waals surface area contributed by atoms with E-state index < -0.39 is 11.6 Å². The van der Waals surface area contributed by atoms with E-state index in [9.17, 15) is 18.4 Å². The molecule has 0 spiro atoms. The van der Waals surface area contributed by atoms with Crippen LogP contribution in [-0.4, -0.2) is 11.6 Å². The number of hydrogen-bond donors (Lipinski definition) is 0. The van der Waals surface area contributed by atoms with E-state index in [2.05, 4.69) is 31.9 Å². The van der Waals surface area contributed by atoms with Gasteiger partial charge in [0.25, 0.3) is 0 Å². The molecule has 2 nitrogen and oxygen atoms in total. The van der Waals surface area contributed by atoms with Crippen LogP contribution in [0.2, 0.25) is 0 Å². The molecule has 0 aliphatic rings. The van der Waals surface area contributed by atoms with Crippen molar-refractivity contribution in [2.45, 2.75) is 20.3 Å². The van der Waals surface area contributed by atoms with Gasteiger partial charge in [0.15, 0.2) is 11.6 Å². The molecule has 2 rings (SSSR count). The Morgan fingerprint density at radius 1 is 0.913 bits per heavy atom. The predicted octanol–water partition coefficient (Wildman–Crippen LogP) is 5.97. The lowest BCUT2D eigenvalue weighted by Crippen LogP contribution is -1.99. The zero-order valence-electron chi connectivity index (χ0n) is 12.5. The van der Waals surface area contributed by atoms with Crippen LogP contribution in [0, 0.1) is 11.6 Å². The van der Waals surface area contributed by atoms with Crippen LogP contribution >= 0.6 is 31.9 Å². The third-order valence-electron chi connectivity index (χ3n) is 2.86. The molecule has 0 aliphatic heterocycles. The molecule has 0 atom stereocenters. The van der Waals surface area contributed by atoms with Crippen molar-refractivity contribution in [3.05, 3.63) is 68.1 Å². The van der Waals surface area contributed by atoms with E-state index in [4.69, 9.17) is 0 Å². The molecule has 6 heteroatoms. The molecule has 0 radical (unpaired) electrons. The molecule has 2 aromatic carbocycles. The highest BCUT2D eigenvalue weighted by atomic mass is 79.9. The Labute approximate surface area is 150 Å². The number of ketones is 2. The first kappa shape index (κ1) is 19.6. The fraction of sp³-hybridized carbons (Fsp3) is 0.176. The lowest BCUT2D eigenvalue weighted by Gasteiger charge is -1.99. The van der Waals surface area contributed by atoms with Gasteiger partial charge in [0.05, 0.1) is 11.1 Å². The number of carbonyl (C=O) groups is 2. The van der Waals surface area contributed by atoms with Crippen LogP contribution in [0.3, 0.4) is 0 Å². The highest BCUT2D eigenvalue weighted by Crippen LogP contribution is 2.16. The number of halogens is 4. The smallest absolute Gasteiger partial charge is 0.165 e. The van der Waals surface area contributed by atoms with Gasteiger partial charge in [-0.15, -0.1) is 0 Å². The third-order valence-corrected chi connectivity index (χ3v) is 3.85.